The van der Waals surface area contributed by atoms with Crippen molar-refractivity contribution in [2.45, 2.75) is 26.8 Å². The van der Waals surface area contributed by atoms with Gasteiger partial charge in [0.25, 0.3) is 11.7 Å². The average molecular weight is 441 g/mol. The van der Waals surface area contributed by atoms with Crippen LogP contribution in [0.4, 0.5) is 11.4 Å². The topological polar surface area (TPSA) is 99.6 Å². The zero-order valence-corrected chi connectivity index (χ0v) is 18.5. The monoisotopic (exact) mass is 441 g/mol. The van der Waals surface area contributed by atoms with Gasteiger partial charge in [0, 0.05) is 30.1 Å². The molecule has 1 unspecified atom stereocenters. The number of Topliss-reactive ketones (excluding diaryl/α,β-unsaturated/α-hetero) is 1. The van der Waals surface area contributed by atoms with Crippen LogP contribution in [0.5, 0.6) is 0 Å². The van der Waals surface area contributed by atoms with Crippen molar-refractivity contribution in [2.24, 2.45) is 0 Å². The molecule has 2 amide bonds. The Morgan fingerprint density at radius 2 is 1.76 bits per heavy atom. The Bertz CT molecular complexity index is 1280. The van der Waals surface area contributed by atoms with E-state index in [0.29, 0.717) is 22.6 Å². The molecule has 7 heteroatoms. The fraction of sp³-hybridized carbons (Fsp3) is 0.154. The molecule has 2 aromatic carbocycles. The first-order valence-corrected chi connectivity index (χ1v) is 10.4. The first-order chi connectivity index (χ1) is 15.8. The van der Waals surface area contributed by atoms with E-state index in [0.717, 1.165) is 11.1 Å². The molecule has 1 aromatic heterocycles. The van der Waals surface area contributed by atoms with E-state index in [2.05, 4.69) is 10.3 Å². The lowest BCUT2D eigenvalue weighted by atomic mass is 9.95. The van der Waals surface area contributed by atoms with Crippen molar-refractivity contribution < 1.29 is 19.5 Å². The van der Waals surface area contributed by atoms with Crippen LogP contribution in [0.2, 0.25) is 0 Å². The molecule has 0 bridgehead atoms. The van der Waals surface area contributed by atoms with Crippen LogP contribution < -0.4 is 10.2 Å². The maximum Gasteiger partial charge on any atom is 0.300 e. The predicted octanol–water partition coefficient (Wildman–Crippen LogP) is 4.28. The van der Waals surface area contributed by atoms with E-state index >= 15 is 0 Å². The van der Waals surface area contributed by atoms with Gasteiger partial charge in [0.1, 0.15) is 11.8 Å². The molecule has 1 aliphatic heterocycles. The summed E-state index contributed by atoms with van der Waals surface area (Å²) < 4.78 is 0. The lowest BCUT2D eigenvalue weighted by molar-refractivity contribution is -0.132. The third-order valence-corrected chi connectivity index (χ3v) is 5.53. The van der Waals surface area contributed by atoms with Gasteiger partial charge < -0.3 is 10.4 Å². The summed E-state index contributed by atoms with van der Waals surface area (Å²) in [6.07, 6.45) is 1.58. The molecule has 0 saturated carbocycles. The Hall–Kier alpha value is -4.26. The Balaban J connectivity index is 1.89. The van der Waals surface area contributed by atoms with Crippen LogP contribution in [0.1, 0.15) is 35.3 Å². The summed E-state index contributed by atoms with van der Waals surface area (Å²) in [5, 5.41) is 13.9. The molecule has 0 radical (unpaired) electrons. The van der Waals surface area contributed by atoms with Crippen LogP contribution in [0.15, 0.2) is 72.4 Å². The fourth-order valence-corrected chi connectivity index (χ4v) is 3.96. The Morgan fingerprint density at radius 1 is 1.03 bits per heavy atom. The molecule has 7 nitrogen and oxygen atoms in total. The summed E-state index contributed by atoms with van der Waals surface area (Å²) in [5.74, 6) is -1.99. The van der Waals surface area contributed by atoms with Crippen LogP contribution in [-0.2, 0) is 14.4 Å². The molecule has 33 heavy (non-hydrogen) atoms. The fourth-order valence-electron chi connectivity index (χ4n) is 3.96. The molecule has 1 aliphatic rings. The van der Waals surface area contributed by atoms with Crippen LogP contribution in [-0.4, -0.2) is 27.7 Å². The third kappa shape index (κ3) is 4.13. The van der Waals surface area contributed by atoms with Crippen molar-refractivity contribution >= 4 is 34.7 Å². The lowest BCUT2D eigenvalue weighted by Crippen LogP contribution is -2.29. The number of aromatic nitrogens is 1. The van der Waals surface area contributed by atoms with Gasteiger partial charge in [-0.05, 0) is 61.9 Å². The minimum Gasteiger partial charge on any atom is -0.507 e. The molecule has 2 heterocycles. The van der Waals surface area contributed by atoms with Gasteiger partial charge in [-0.2, -0.15) is 0 Å². The van der Waals surface area contributed by atoms with E-state index < -0.39 is 17.7 Å². The largest absolute Gasteiger partial charge is 0.507 e. The number of aliphatic hydroxyl groups excluding tert-OH is 1. The van der Waals surface area contributed by atoms with Gasteiger partial charge in [-0.15, -0.1) is 0 Å². The lowest BCUT2D eigenvalue weighted by Gasteiger charge is -2.25. The number of aryl methyl sites for hydroxylation is 2. The molecule has 1 saturated heterocycles. The number of amides is 2. The Morgan fingerprint density at radius 3 is 2.39 bits per heavy atom. The van der Waals surface area contributed by atoms with Crippen molar-refractivity contribution in [3.8, 4) is 0 Å². The maximum absolute atomic E-state index is 13.2. The number of nitrogens with zero attached hydrogens (tertiary/aromatic N) is 2. The predicted molar refractivity (Wildman–Crippen MR) is 126 cm³/mol. The van der Waals surface area contributed by atoms with Crippen molar-refractivity contribution in [3.05, 3.63) is 94.8 Å². The number of carbonyl (C=O) groups is 3. The highest BCUT2D eigenvalue weighted by atomic mass is 16.3. The molecule has 3 aromatic rings. The van der Waals surface area contributed by atoms with E-state index in [1.165, 1.54) is 11.8 Å². The van der Waals surface area contributed by atoms with Crippen molar-refractivity contribution in [1.29, 1.82) is 0 Å². The highest BCUT2D eigenvalue weighted by molar-refractivity contribution is 6.51. The number of nitrogens with one attached hydrogen (secondary N) is 1. The second kappa shape index (κ2) is 8.70. The Kier molecular flexibility index (Phi) is 5.79. The maximum atomic E-state index is 13.2. The van der Waals surface area contributed by atoms with E-state index in [-0.39, 0.29) is 17.2 Å². The molecule has 4 rings (SSSR count). The number of pyridine rings is 1. The number of hydrogen-bond acceptors (Lipinski definition) is 5. The standard InChI is InChI=1S/C26H23N3O4/c1-15-7-8-16(2)20(14-15)24(31)22-23(21-6-4-5-13-27-21)29(26(33)25(22)32)19-11-9-18(10-12-19)28-17(3)30/h4-14,23,31H,1-3H3,(H,28,30)/b24-22+. The number of aliphatic hydroxyl groups is 1. The van der Waals surface area contributed by atoms with Gasteiger partial charge in [-0.3, -0.25) is 24.3 Å². The van der Waals surface area contributed by atoms with Gasteiger partial charge in [-0.25, -0.2) is 0 Å². The van der Waals surface area contributed by atoms with E-state index in [9.17, 15) is 19.5 Å². The number of rotatable bonds is 4. The zero-order chi connectivity index (χ0) is 23.7. The van der Waals surface area contributed by atoms with Crippen molar-refractivity contribution in [3.63, 3.8) is 0 Å². The van der Waals surface area contributed by atoms with Crippen LogP contribution >= 0.6 is 0 Å². The molecule has 0 spiro atoms. The first-order valence-electron chi connectivity index (χ1n) is 10.4. The number of benzene rings is 2. The number of ketones is 1. The summed E-state index contributed by atoms with van der Waals surface area (Å²) >= 11 is 0. The van der Waals surface area contributed by atoms with Gasteiger partial charge in [0.2, 0.25) is 5.91 Å². The normalized spacial score (nSPS) is 17.3. The summed E-state index contributed by atoms with van der Waals surface area (Å²) in [4.78, 5) is 43.4. The second-order valence-corrected chi connectivity index (χ2v) is 7.97. The van der Waals surface area contributed by atoms with Crippen molar-refractivity contribution in [2.75, 3.05) is 10.2 Å². The number of hydrogen-bond donors (Lipinski definition) is 2. The molecule has 166 valence electrons. The van der Waals surface area contributed by atoms with E-state index in [4.69, 9.17) is 0 Å². The zero-order valence-electron chi connectivity index (χ0n) is 18.5. The molecular formula is C26H23N3O4. The smallest absolute Gasteiger partial charge is 0.300 e. The SMILES string of the molecule is CC(=O)Nc1ccc(N2C(=O)C(=O)/C(=C(/O)c3cc(C)ccc3C)C2c2ccccn2)cc1. The number of anilines is 2. The molecule has 1 atom stereocenters. The highest BCUT2D eigenvalue weighted by Gasteiger charge is 2.47. The van der Waals surface area contributed by atoms with E-state index in [1.54, 1.807) is 54.7 Å². The minimum absolute atomic E-state index is 0.0154. The molecule has 2 N–H and O–H groups in total. The van der Waals surface area contributed by atoms with Gasteiger partial charge >= 0.3 is 0 Å². The average Bonchev–Trinajstić information content (AvgIpc) is 3.06. The molecule has 1 fully saturated rings. The summed E-state index contributed by atoms with van der Waals surface area (Å²) in [7, 11) is 0. The molecular weight excluding hydrogens is 418 g/mol. The molecule has 0 aliphatic carbocycles. The van der Waals surface area contributed by atoms with Crippen molar-refractivity contribution in [1.82, 2.24) is 4.98 Å². The van der Waals surface area contributed by atoms with E-state index in [1.807, 2.05) is 26.0 Å². The van der Waals surface area contributed by atoms with Crippen LogP contribution in [0.25, 0.3) is 5.76 Å². The van der Waals surface area contributed by atoms with Gasteiger partial charge in [0.15, 0.2) is 0 Å². The Labute approximate surface area is 191 Å². The van der Waals surface area contributed by atoms with Crippen LogP contribution in [0, 0.1) is 13.8 Å². The third-order valence-electron chi connectivity index (χ3n) is 5.53. The minimum atomic E-state index is -0.905. The highest BCUT2D eigenvalue weighted by Crippen LogP contribution is 2.42. The quantitative estimate of drug-likeness (QED) is 0.358. The first kappa shape index (κ1) is 22.0. The van der Waals surface area contributed by atoms with Gasteiger partial charge in [0.05, 0.1) is 11.3 Å². The summed E-state index contributed by atoms with van der Waals surface area (Å²) in [6.45, 7) is 5.13. The van der Waals surface area contributed by atoms with Crippen LogP contribution in [0.3, 0.4) is 0 Å². The second-order valence-electron chi connectivity index (χ2n) is 7.97. The summed E-state index contributed by atoms with van der Waals surface area (Å²) in [5.41, 5.74) is 3.64. The summed E-state index contributed by atoms with van der Waals surface area (Å²) in [6, 6.07) is 16.5. The number of carbonyl (C=O) groups excluding carboxylic acids is 3. The van der Waals surface area contributed by atoms with Gasteiger partial charge in [-0.1, -0.05) is 23.8 Å².